The summed E-state index contributed by atoms with van der Waals surface area (Å²) in [7, 11) is 1.80. The molecule has 1 fully saturated rings. The highest BCUT2D eigenvalue weighted by Crippen LogP contribution is 2.36. The summed E-state index contributed by atoms with van der Waals surface area (Å²) in [6.45, 7) is 3.58. The predicted molar refractivity (Wildman–Crippen MR) is 90.7 cm³/mol. The van der Waals surface area contributed by atoms with Crippen molar-refractivity contribution in [2.75, 3.05) is 20.1 Å². The van der Waals surface area contributed by atoms with Gasteiger partial charge in [0, 0.05) is 25.0 Å². The number of thiophene rings is 1. The third-order valence-electron chi connectivity index (χ3n) is 4.32. The second kappa shape index (κ2) is 7.12. The lowest BCUT2D eigenvalue weighted by atomic mass is 10.2. The maximum Gasteiger partial charge on any atom is 0.263 e. The fourth-order valence-corrected chi connectivity index (χ4v) is 4.03. The van der Waals surface area contributed by atoms with E-state index in [1.807, 2.05) is 24.0 Å². The first-order valence-corrected chi connectivity index (χ1v) is 8.89. The molecule has 24 heavy (non-hydrogen) atoms. The monoisotopic (exact) mass is 347 g/mol. The third-order valence-corrected chi connectivity index (χ3v) is 5.50. The number of likely N-dealkylation sites (tertiary alicyclic amines) is 1. The molecular formula is C16H21N5O2S. The van der Waals surface area contributed by atoms with Gasteiger partial charge in [0.1, 0.15) is 19.2 Å². The van der Waals surface area contributed by atoms with Crippen molar-refractivity contribution in [1.29, 1.82) is 0 Å². The van der Waals surface area contributed by atoms with Crippen molar-refractivity contribution in [3.63, 3.8) is 0 Å². The molecule has 8 heteroatoms. The molecule has 1 unspecified atom stereocenters. The molecule has 0 N–H and O–H groups in total. The van der Waals surface area contributed by atoms with E-state index in [1.54, 1.807) is 18.3 Å². The Morgan fingerprint density at radius 2 is 2.25 bits per heavy atom. The van der Waals surface area contributed by atoms with Crippen LogP contribution in [0.15, 0.2) is 24.8 Å². The average molecular weight is 347 g/mol. The van der Waals surface area contributed by atoms with Crippen LogP contribution in [0.3, 0.4) is 0 Å². The van der Waals surface area contributed by atoms with Gasteiger partial charge in [-0.15, -0.1) is 11.3 Å². The molecular weight excluding hydrogens is 326 g/mol. The normalized spacial score (nSPS) is 17.2. The molecule has 1 saturated heterocycles. The maximum atomic E-state index is 12.6. The molecule has 1 atom stereocenters. The Labute approximate surface area is 144 Å². The highest BCUT2D eigenvalue weighted by Gasteiger charge is 2.31. The number of hydrogen-bond donors (Lipinski definition) is 0. The Hall–Kier alpha value is -2.22. The molecule has 3 heterocycles. The molecule has 0 aromatic carbocycles. The van der Waals surface area contributed by atoms with Crippen LogP contribution in [-0.4, -0.2) is 56.5 Å². The van der Waals surface area contributed by atoms with Crippen molar-refractivity contribution in [3.05, 3.63) is 34.5 Å². The first-order valence-electron chi connectivity index (χ1n) is 8.07. The number of carbonyl (C=O) groups is 2. The quantitative estimate of drug-likeness (QED) is 0.827. The standard InChI is InChI=1S/C16H21N5O2S/c1-3-19(2)16(23)14-7-6-13(24-14)12-5-4-8-21(12)15(22)9-20-11-17-10-18-20/h6-7,10-12H,3-5,8-9H2,1-2H3. The Morgan fingerprint density at radius 3 is 2.96 bits per heavy atom. The Kier molecular flexibility index (Phi) is 4.94. The van der Waals surface area contributed by atoms with Crippen molar-refractivity contribution in [2.24, 2.45) is 0 Å². The van der Waals surface area contributed by atoms with E-state index < -0.39 is 0 Å². The topological polar surface area (TPSA) is 71.3 Å². The smallest absolute Gasteiger partial charge is 0.263 e. The van der Waals surface area contributed by atoms with Gasteiger partial charge in [-0.2, -0.15) is 5.10 Å². The zero-order valence-corrected chi connectivity index (χ0v) is 14.7. The highest BCUT2D eigenvalue weighted by atomic mass is 32.1. The molecule has 1 aliphatic rings. The van der Waals surface area contributed by atoms with Crippen molar-refractivity contribution in [2.45, 2.75) is 32.4 Å². The predicted octanol–water partition coefficient (Wildman–Crippen LogP) is 1.80. The van der Waals surface area contributed by atoms with E-state index >= 15 is 0 Å². The van der Waals surface area contributed by atoms with E-state index in [1.165, 1.54) is 22.3 Å². The highest BCUT2D eigenvalue weighted by molar-refractivity contribution is 7.14. The first kappa shape index (κ1) is 16.6. The van der Waals surface area contributed by atoms with E-state index in [2.05, 4.69) is 10.1 Å². The lowest BCUT2D eigenvalue weighted by Gasteiger charge is -2.23. The number of amides is 2. The van der Waals surface area contributed by atoms with Gasteiger partial charge < -0.3 is 9.80 Å². The molecule has 1 aliphatic heterocycles. The molecule has 7 nitrogen and oxygen atoms in total. The van der Waals surface area contributed by atoms with Gasteiger partial charge in [0.2, 0.25) is 5.91 Å². The van der Waals surface area contributed by atoms with Crippen LogP contribution < -0.4 is 0 Å². The van der Waals surface area contributed by atoms with E-state index in [4.69, 9.17) is 0 Å². The number of carbonyl (C=O) groups excluding carboxylic acids is 2. The molecule has 128 valence electrons. The van der Waals surface area contributed by atoms with Gasteiger partial charge in [-0.25, -0.2) is 9.67 Å². The maximum absolute atomic E-state index is 12.6. The average Bonchev–Trinajstić information content (AvgIpc) is 3.32. The van der Waals surface area contributed by atoms with E-state index in [-0.39, 0.29) is 24.4 Å². The summed E-state index contributed by atoms with van der Waals surface area (Å²) < 4.78 is 1.54. The summed E-state index contributed by atoms with van der Waals surface area (Å²) in [4.78, 5) is 34.1. The van der Waals surface area contributed by atoms with Crippen molar-refractivity contribution in [3.8, 4) is 0 Å². The van der Waals surface area contributed by atoms with Crippen LogP contribution in [0.5, 0.6) is 0 Å². The third kappa shape index (κ3) is 3.33. The van der Waals surface area contributed by atoms with Crippen LogP contribution in [0, 0.1) is 0 Å². The largest absolute Gasteiger partial charge is 0.341 e. The molecule has 2 aromatic rings. The summed E-state index contributed by atoms with van der Waals surface area (Å²) in [6, 6.07) is 3.90. The van der Waals surface area contributed by atoms with Gasteiger partial charge >= 0.3 is 0 Å². The van der Waals surface area contributed by atoms with Crippen LogP contribution in [0.25, 0.3) is 0 Å². The molecule has 0 bridgehead atoms. The Balaban J connectivity index is 1.72. The van der Waals surface area contributed by atoms with Gasteiger partial charge in [-0.05, 0) is 31.9 Å². The number of rotatable bonds is 5. The lowest BCUT2D eigenvalue weighted by Crippen LogP contribution is -2.33. The minimum absolute atomic E-state index is 0.0345. The summed E-state index contributed by atoms with van der Waals surface area (Å²) in [6.07, 6.45) is 4.88. The molecule has 0 saturated carbocycles. The summed E-state index contributed by atoms with van der Waals surface area (Å²) >= 11 is 1.49. The zero-order valence-electron chi connectivity index (χ0n) is 13.9. The van der Waals surface area contributed by atoms with Gasteiger partial charge in [0.05, 0.1) is 10.9 Å². The van der Waals surface area contributed by atoms with Crippen LogP contribution in [0.4, 0.5) is 0 Å². The molecule has 0 aliphatic carbocycles. The molecule has 2 aromatic heterocycles. The molecule has 3 rings (SSSR count). The van der Waals surface area contributed by atoms with Gasteiger partial charge in [-0.1, -0.05) is 0 Å². The summed E-state index contributed by atoms with van der Waals surface area (Å²) in [5, 5.41) is 3.99. The minimum Gasteiger partial charge on any atom is -0.341 e. The van der Waals surface area contributed by atoms with Crippen molar-refractivity contribution >= 4 is 23.2 Å². The Bertz CT molecular complexity index is 712. The van der Waals surface area contributed by atoms with Gasteiger partial charge in [0.15, 0.2) is 0 Å². The van der Waals surface area contributed by atoms with Gasteiger partial charge in [-0.3, -0.25) is 9.59 Å². The van der Waals surface area contributed by atoms with Crippen LogP contribution in [0.2, 0.25) is 0 Å². The molecule has 0 radical (unpaired) electrons. The number of aromatic nitrogens is 3. The number of hydrogen-bond acceptors (Lipinski definition) is 5. The van der Waals surface area contributed by atoms with Crippen molar-refractivity contribution in [1.82, 2.24) is 24.6 Å². The Morgan fingerprint density at radius 1 is 1.42 bits per heavy atom. The van der Waals surface area contributed by atoms with E-state index in [0.29, 0.717) is 6.54 Å². The van der Waals surface area contributed by atoms with Crippen molar-refractivity contribution < 1.29 is 9.59 Å². The molecule has 0 spiro atoms. The van der Waals surface area contributed by atoms with E-state index in [9.17, 15) is 9.59 Å². The van der Waals surface area contributed by atoms with Gasteiger partial charge in [0.25, 0.3) is 5.91 Å². The van der Waals surface area contributed by atoms with Crippen LogP contribution in [0.1, 0.15) is 40.4 Å². The SMILES string of the molecule is CCN(C)C(=O)c1ccc(C2CCCN2C(=O)Cn2cncn2)s1. The minimum atomic E-state index is 0.0345. The lowest BCUT2D eigenvalue weighted by molar-refractivity contribution is -0.132. The van der Waals surface area contributed by atoms with Crippen LogP contribution in [-0.2, 0) is 11.3 Å². The second-order valence-corrected chi connectivity index (χ2v) is 6.97. The second-order valence-electron chi connectivity index (χ2n) is 5.86. The zero-order chi connectivity index (χ0) is 17.1. The molecule has 2 amide bonds. The summed E-state index contributed by atoms with van der Waals surface area (Å²) in [5.74, 6) is 0.0715. The fourth-order valence-electron chi connectivity index (χ4n) is 2.88. The number of nitrogens with zero attached hydrogens (tertiary/aromatic N) is 5. The fraction of sp³-hybridized carbons (Fsp3) is 0.500. The summed E-state index contributed by atoms with van der Waals surface area (Å²) in [5.41, 5.74) is 0. The first-order chi connectivity index (χ1) is 11.6. The van der Waals surface area contributed by atoms with Crippen LogP contribution >= 0.6 is 11.3 Å². The van der Waals surface area contributed by atoms with E-state index in [0.717, 1.165) is 29.1 Å².